The SMILES string of the molecule is CCOC(=O)CN(Cc1ccc(C(F)(F)F)cc1)C(=O)Cn1nc(C)ccc1=O. The Morgan fingerprint density at radius 2 is 1.79 bits per heavy atom. The number of halogens is 3. The number of rotatable bonds is 7. The van der Waals surface area contributed by atoms with Crippen LogP contribution in [0.4, 0.5) is 13.2 Å². The summed E-state index contributed by atoms with van der Waals surface area (Å²) in [5.74, 6) is -1.27. The fraction of sp³-hybridized carbons (Fsp3) is 0.368. The highest BCUT2D eigenvalue weighted by molar-refractivity contribution is 5.81. The Hall–Kier alpha value is -3.17. The van der Waals surface area contributed by atoms with Crippen LogP contribution in [0.15, 0.2) is 41.2 Å². The van der Waals surface area contributed by atoms with Crippen LogP contribution in [0.2, 0.25) is 0 Å². The van der Waals surface area contributed by atoms with Crippen molar-refractivity contribution in [1.29, 1.82) is 0 Å². The summed E-state index contributed by atoms with van der Waals surface area (Å²) in [6, 6.07) is 7.02. The lowest BCUT2D eigenvalue weighted by atomic mass is 10.1. The Kier molecular flexibility index (Phi) is 7.13. The van der Waals surface area contributed by atoms with E-state index in [4.69, 9.17) is 4.74 Å². The van der Waals surface area contributed by atoms with Crippen molar-refractivity contribution in [3.05, 3.63) is 63.6 Å². The molecule has 2 aromatic rings. The smallest absolute Gasteiger partial charge is 0.416 e. The predicted molar refractivity (Wildman–Crippen MR) is 96.7 cm³/mol. The van der Waals surface area contributed by atoms with Crippen molar-refractivity contribution in [2.75, 3.05) is 13.2 Å². The van der Waals surface area contributed by atoms with Crippen molar-refractivity contribution < 1.29 is 27.5 Å². The first kappa shape index (κ1) is 22.1. The molecule has 0 aliphatic carbocycles. The van der Waals surface area contributed by atoms with Crippen LogP contribution in [0.25, 0.3) is 0 Å². The van der Waals surface area contributed by atoms with Crippen LogP contribution in [-0.2, 0) is 33.6 Å². The number of aromatic nitrogens is 2. The molecule has 0 saturated carbocycles. The fourth-order valence-electron chi connectivity index (χ4n) is 2.51. The van der Waals surface area contributed by atoms with Crippen LogP contribution in [0.5, 0.6) is 0 Å². The van der Waals surface area contributed by atoms with Crippen molar-refractivity contribution in [2.45, 2.75) is 33.1 Å². The van der Waals surface area contributed by atoms with Crippen LogP contribution < -0.4 is 5.56 Å². The molecule has 1 heterocycles. The molecule has 0 bridgehead atoms. The van der Waals surface area contributed by atoms with Crippen LogP contribution in [0, 0.1) is 6.92 Å². The maximum Gasteiger partial charge on any atom is 0.416 e. The van der Waals surface area contributed by atoms with E-state index >= 15 is 0 Å². The molecule has 0 aliphatic heterocycles. The second-order valence-corrected chi connectivity index (χ2v) is 6.22. The average molecular weight is 411 g/mol. The molecule has 0 atom stereocenters. The third kappa shape index (κ3) is 6.44. The second-order valence-electron chi connectivity index (χ2n) is 6.22. The molecule has 10 heteroatoms. The summed E-state index contributed by atoms with van der Waals surface area (Å²) in [6.07, 6.45) is -4.48. The number of alkyl halides is 3. The molecule has 1 aromatic carbocycles. The summed E-state index contributed by atoms with van der Waals surface area (Å²) in [5, 5.41) is 3.97. The number of esters is 1. The highest BCUT2D eigenvalue weighted by atomic mass is 19.4. The summed E-state index contributed by atoms with van der Waals surface area (Å²) in [6.45, 7) is 2.42. The van der Waals surface area contributed by atoms with E-state index in [2.05, 4.69) is 5.10 Å². The first-order valence-electron chi connectivity index (χ1n) is 8.74. The molecule has 1 aromatic heterocycles. The van der Waals surface area contributed by atoms with Gasteiger partial charge in [-0.2, -0.15) is 18.3 Å². The Morgan fingerprint density at radius 1 is 1.14 bits per heavy atom. The van der Waals surface area contributed by atoms with E-state index in [0.29, 0.717) is 11.3 Å². The summed E-state index contributed by atoms with van der Waals surface area (Å²) in [7, 11) is 0. The second kappa shape index (κ2) is 9.35. The van der Waals surface area contributed by atoms with Gasteiger partial charge in [0.2, 0.25) is 5.91 Å². The van der Waals surface area contributed by atoms with Gasteiger partial charge in [0.15, 0.2) is 0 Å². The number of carbonyl (C=O) groups excluding carboxylic acids is 2. The third-order valence-corrected chi connectivity index (χ3v) is 3.92. The predicted octanol–water partition coefficient (Wildman–Crippen LogP) is 2.16. The van der Waals surface area contributed by atoms with E-state index in [-0.39, 0.29) is 13.2 Å². The molecule has 0 fully saturated rings. The molecular formula is C19H20F3N3O4. The zero-order valence-electron chi connectivity index (χ0n) is 15.9. The molecule has 156 valence electrons. The van der Waals surface area contributed by atoms with E-state index in [0.717, 1.165) is 21.7 Å². The van der Waals surface area contributed by atoms with Gasteiger partial charge in [0.05, 0.1) is 17.9 Å². The molecule has 0 unspecified atom stereocenters. The number of hydrogen-bond donors (Lipinski definition) is 0. The molecule has 2 rings (SSSR count). The van der Waals surface area contributed by atoms with Crippen molar-refractivity contribution in [1.82, 2.24) is 14.7 Å². The number of carbonyl (C=O) groups is 2. The Bertz CT molecular complexity index is 924. The van der Waals surface area contributed by atoms with Gasteiger partial charge in [0, 0.05) is 12.6 Å². The van der Waals surface area contributed by atoms with E-state index < -0.39 is 42.3 Å². The van der Waals surface area contributed by atoms with Gasteiger partial charge < -0.3 is 9.64 Å². The van der Waals surface area contributed by atoms with E-state index in [1.54, 1.807) is 13.8 Å². The topological polar surface area (TPSA) is 81.5 Å². The monoisotopic (exact) mass is 411 g/mol. The van der Waals surface area contributed by atoms with E-state index in [1.807, 2.05) is 0 Å². The summed E-state index contributed by atoms with van der Waals surface area (Å²) >= 11 is 0. The van der Waals surface area contributed by atoms with Gasteiger partial charge in [-0.1, -0.05) is 12.1 Å². The summed E-state index contributed by atoms with van der Waals surface area (Å²) in [5.41, 5.74) is -0.396. The van der Waals surface area contributed by atoms with Gasteiger partial charge >= 0.3 is 12.1 Å². The maximum absolute atomic E-state index is 12.7. The molecule has 7 nitrogen and oxygen atoms in total. The number of hydrogen-bond acceptors (Lipinski definition) is 5. The normalized spacial score (nSPS) is 11.2. The van der Waals surface area contributed by atoms with Crippen molar-refractivity contribution in [2.24, 2.45) is 0 Å². The van der Waals surface area contributed by atoms with Gasteiger partial charge in [0.1, 0.15) is 13.1 Å². The zero-order chi connectivity index (χ0) is 21.6. The molecule has 29 heavy (non-hydrogen) atoms. The Morgan fingerprint density at radius 3 is 2.38 bits per heavy atom. The lowest BCUT2D eigenvalue weighted by Crippen LogP contribution is -2.40. The van der Waals surface area contributed by atoms with Crippen LogP contribution in [0.1, 0.15) is 23.7 Å². The Balaban J connectivity index is 2.21. The number of nitrogens with zero attached hydrogens (tertiary/aromatic N) is 3. The average Bonchev–Trinajstić information content (AvgIpc) is 2.64. The largest absolute Gasteiger partial charge is 0.465 e. The van der Waals surface area contributed by atoms with Crippen LogP contribution in [-0.4, -0.2) is 39.7 Å². The van der Waals surface area contributed by atoms with E-state index in [1.165, 1.54) is 24.3 Å². The first-order valence-corrected chi connectivity index (χ1v) is 8.74. The summed E-state index contributed by atoms with van der Waals surface area (Å²) in [4.78, 5) is 37.5. The fourth-order valence-corrected chi connectivity index (χ4v) is 2.51. The van der Waals surface area contributed by atoms with Gasteiger partial charge in [-0.3, -0.25) is 14.4 Å². The lowest BCUT2D eigenvalue weighted by Gasteiger charge is -2.22. The first-order chi connectivity index (χ1) is 13.6. The van der Waals surface area contributed by atoms with Crippen molar-refractivity contribution in [3.63, 3.8) is 0 Å². The summed E-state index contributed by atoms with van der Waals surface area (Å²) < 4.78 is 44.0. The minimum absolute atomic E-state index is 0.111. The van der Waals surface area contributed by atoms with Crippen molar-refractivity contribution in [3.8, 4) is 0 Å². The molecule has 0 radical (unpaired) electrons. The van der Waals surface area contributed by atoms with Crippen LogP contribution >= 0.6 is 0 Å². The van der Waals surface area contributed by atoms with Crippen LogP contribution in [0.3, 0.4) is 0 Å². The number of amides is 1. The quantitative estimate of drug-likeness (QED) is 0.653. The molecule has 0 spiro atoms. The molecule has 0 N–H and O–H groups in total. The van der Waals surface area contributed by atoms with Crippen molar-refractivity contribution >= 4 is 11.9 Å². The number of ether oxygens (including phenoxy) is 1. The standard InChI is InChI=1S/C19H20F3N3O4/c1-3-29-18(28)12-24(10-14-5-7-15(8-6-14)19(20,21)22)17(27)11-25-16(26)9-4-13(2)23-25/h4-9H,3,10-12H2,1-2H3. The van der Waals surface area contributed by atoms with E-state index in [9.17, 15) is 27.6 Å². The Labute approximate surface area is 164 Å². The molecule has 0 saturated heterocycles. The lowest BCUT2D eigenvalue weighted by molar-refractivity contribution is -0.149. The van der Waals surface area contributed by atoms with Gasteiger partial charge in [-0.25, -0.2) is 4.68 Å². The molecule has 1 amide bonds. The molecular weight excluding hydrogens is 391 g/mol. The molecule has 0 aliphatic rings. The highest BCUT2D eigenvalue weighted by Crippen LogP contribution is 2.29. The number of benzene rings is 1. The highest BCUT2D eigenvalue weighted by Gasteiger charge is 2.30. The van der Waals surface area contributed by atoms with Gasteiger partial charge in [-0.15, -0.1) is 0 Å². The third-order valence-electron chi connectivity index (χ3n) is 3.92. The van der Waals surface area contributed by atoms with Gasteiger partial charge in [0.25, 0.3) is 5.56 Å². The van der Waals surface area contributed by atoms with Gasteiger partial charge in [-0.05, 0) is 37.6 Å². The number of aryl methyl sites for hydroxylation is 1. The zero-order valence-corrected chi connectivity index (χ0v) is 15.9. The minimum Gasteiger partial charge on any atom is -0.465 e. The minimum atomic E-state index is -4.48. The maximum atomic E-state index is 12.7.